The Morgan fingerprint density at radius 1 is 1.55 bits per heavy atom. The molecule has 3 nitrogen and oxygen atoms in total. The second kappa shape index (κ2) is 6.27. The van der Waals surface area contributed by atoms with Crippen LogP contribution in [0.25, 0.3) is 0 Å². The Hall–Kier alpha value is -1.55. The van der Waals surface area contributed by atoms with Gasteiger partial charge in [0.1, 0.15) is 5.82 Å². The molecule has 1 fully saturated rings. The van der Waals surface area contributed by atoms with Gasteiger partial charge in [-0.2, -0.15) is 0 Å². The van der Waals surface area contributed by atoms with Crippen molar-refractivity contribution in [2.24, 2.45) is 10.7 Å². The standard InChI is InChI=1S/C15H19ClFN3/c1-9(2)8-19-15(18)20-12-5-11(6-12)10-3-4-14(17)13(16)7-10/h3-4,7,11-12H,1,5-6,8H2,2H3,(H3,18,19,20). The number of rotatable bonds is 4. The topological polar surface area (TPSA) is 50.4 Å². The minimum absolute atomic E-state index is 0.182. The summed E-state index contributed by atoms with van der Waals surface area (Å²) in [4.78, 5) is 4.18. The molecule has 0 atom stereocenters. The summed E-state index contributed by atoms with van der Waals surface area (Å²) in [5.41, 5.74) is 7.84. The van der Waals surface area contributed by atoms with Gasteiger partial charge in [0.15, 0.2) is 5.96 Å². The summed E-state index contributed by atoms with van der Waals surface area (Å²) < 4.78 is 13.1. The molecule has 20 heavy (non-hydrogen) atoms. The zero-order valence-corrected chi connectivity index (χ0v) is 12.3. The Morgan fingerprint density at radius 2 is 2.25 bits per heavy atom. The summed E-state index contributed by atoms with van der Waals surface area (Å²) in [5, 5.41) is 3.36. The molecule has 1 aromatic carbocycles. The van der Waals surface area contributed by atoms with Crippen LogP contribution in [0.1, 0.15) is 31.2 Å². The van der Waals surface area contributed by atoms with Crippen molar-refractivity contribution in [2.45, 2.75) is 31.7 Å². The van der Waals surface area contributed by atoms with E-state index in [1.54, 1.807) is 12.1 Å². The maximum absolute atomic E-state index is 13.1. The lowest BCUT2D eigenvalue weighted by molar-refractivity contribution is 0.323. The number of guanidine groups is 1. The predicted molar refractivity (Wildman–Crippen MR) is 81.6 cm³/mol. The van der Waals surface area contributed by atoms with Crippen LogP contribution < -0.4 is 11.1 Å². The quantitative estimate of drug-likeness (QED) is 0.509. The van der Waals surface area contributed by atoms with E-state index in [1.807, 2.05) is 6.92 Å². The van der Waals surface area contributed by atoms with Crippen LogP contribution in [-0.4, -0.2) is 18.5 Å². The fourth-order valence-corrected chi connectivity index (χ4v) is 2.44. The fourth-order valence-electron chi connectivity index (χ4n) is 2.25. The van der Waals surface area contributed by atoms with Crippen LogP contribution in [0.4, 0.5) is 4.39 Å². The Labute approximate surface area is 123 Å². The van der Waals surface area contributed by atoms with Crippen molar-refractivity contribution in [2.75, 3.05) is 6.54 Å². The number of nitrogens with two attached hydrogens (primary N) is 1. The van der Waals surface area contributed by atoms with Gasteiger partial charge in [0.25, 0.3) is 0 Å². The van der Waals surface area contributed by atoms with E-state index in [-0.39, 0.29) is 10.8 Å². The van der Waals surface area contributed by atoms with Crippen LogP contribution >= 0.6 is 11.6 Å². The van der Waals surface area contributed by atoms with Gasteiger partial charge in [-0.1, -0.05) is 29.8 Å². The van der Waals surface area contributed by atoms with Crippen LogP contribution in [-0.2, 0) is 0 Å². The van der Waals surface area contributed by atoms with Gasteiger partial charge in [-0.15, -0.1) is 0 Å². The molecule has 1 aromatic rings. The molecule has 0 heterocycles. The van der Waals surface area contributed by atoms with E-state index >= 15 is 0 Å². The minimum atomic E-state index is -0.374. The van der Waals surface area contributed by atoms with E-state index in [0.29, 0.717) is 24.5 Å². The molecule has 0 spiro atoms. The molecule has 0 radical (unpaired) electrons. The van der Waals surface area contributed by atoms with E-state index in [4.69, 9.17) is 17.3 Å². The molecule has 0 saturated heterocycles. The zero-order chi connectivity index (χ0) is 14.7. The summed E-state index contributed by atoms with van der Waals surface area (Å²) in [6.45, 7) is 6.23. The van der Waals surface area contributed by atoms with Crippen molar-refractivity contribution in [1.29, 1.82) is 0 Å². The highest BCUT2D eigenvalue weighted by Gasteiger charge is 2.30. The van der Waals surface area contributed by atoms with E-state index in [0.717, 1.165) is 24.0 Å². The van der Waals surface area contributed by atoms with Crippen LogP contribution in [0.5, 0.6) is 0 Å². The number of hydrogen-bond donors (Lipinski definition) is 2. The summed E-state index contributed by atoms with van der Waals surface area (Å²) in [5.74, 6) is 0.480. The van der Waals surface area contributed by atoms with E-state index in [2.05, 4.69) is 16.9 Å². The number of halogens is 2. The van der Waals surface area contributed by atoms with Gasteiger partial charge >= 0.3 is 0 Å². The monoisotopic (exact) mass is 295 g/mol. The highest BCUT2D eigenvalue weighted by atomic mass is 35.5. The molecule has 1 aliphatic rings. The third kappa shape index (κ3) is 3.73. The van der Waals surface area contributed by atoms with Gasteiger partial charge in [-0.05, 0) is 43.4 Å². The summed E-state index contributed by atoms with van der Waals surface area (Å²) in [7, 11) is 0. The van der Waals surface area contributed by atoms with E-state index in [1.165, 1.54) is 6.07 Å². The van der Waals surface area contributed by atoms with Crippen LogP contribution in [0, 0.1) is 5.82 Å². The minimum Gasteiger partial charge on any atom is -0.370 e. The molecule has 1 aliphatic carbocycles. The number of nitrogens with zero attached hydrogens (tertiary/aromatic N) is 1. The van der Waals surface area contributed by atoms with Crippen molar-refractivity contribution in [3.05, 3.63) is 46.8 Å². The van der Waals surface area contributed by atoms with Gasteiger partial charge in [-0.25, -0.2) is 9.38 Å². The van der Waals surface area contributed by atoms with Crippen molar-refractivity contribution in [3.63, 3.8) is 0 Å². The lowest BCUT2D eigenvalue weighted by Crippen LogP contribution is -2.46. The smallest absolute Gasteiger partial charge is 0.189 e. The molecule has 0 aromatic heterocycles. The average Bonchev–Trinajstić information content (AvgIpc) is 2.34. The van der Waals surface area contributed by atoms with E-state index in [9.17, 15) is 4.39 Å². The van der Waals surface area contributed by atoms with Crippen LogP contribution in [0.2, 0.25) is 5.02 Å². The fraction of sp³-hybridized carbons (Fsp3) is 0.400. The largest absolute Gasteiger partial charge is 0.370 e. The number of aliphatic imine (C=N–C) groups is 1. The van der Waals surface area contributed by atoms with Crippen LogP contribution in [0.15, 0.2) is 35.3 Å². The number of nitrogens with one attached hydrogen (secondary N) is 1. The summed E-state index contributed by atoms with van der Waals surface area (Å²) >= 11 is 5.79. The molecular weight excluding hydrogens is 277 g/mol. The molecule has 0 amide bonds. The number of hydrogen-bond acceptors (Lipinski definition) is 1. The van der Waals surface area contributed by atoms with Gasteiger partial charge < -0.3 is 11.1 Å². The maximum atomic E-state index is 13.1. The van der Waals surface area contributed by atoms with Gasteiger partial charge in [0, 0.05) is 6.04 Å². The first-order valence-electron chi connectivity index (χ1n) is 6.61. The van der Waals surface area contributed by atoms with Crippen molar-refractivity contribution < 1.29 is 4.39 Å². The molecular formula is C15H19ClFN3. The van der Waals surface area contributed by atoms with Crippen molar-refractivity contribution >= 4 is 17.6 Å². The molecule has 3 N–H and O–H groups in total. The zero-order valence-electron chi connectivity index (χ0n) is 11.5. The third-order valence-corrected chi connectivity index (χ3v) is 3.71. The average molecular weight is 296 g/mol. The van der Waals surface area contributed by atoms with Gasteiger partial charge in [0.05, 0.1) is 11.6 Å². The van der Waals surface area contributed by atoms with Crippen molar-refractivity contribution in [3.8, 4) is 0 Å². The molecule has 0 unspecified atom stereocenters. The lowest BCUT2D eigenvalue weighted by atomic mass is 9.76. The Balaban J connectivity index is 1.83. The summed E-state index contributed by atoms with van der Waals surface area (Å²) in [6, 6.07) is 5.23. The highest BCUT2D eigenvalue weighted by molar-refractivity contribution is 6.30. The Kier molecular flexibility index (Phi) is 4.65. The third-order valence-electron chi connectivity index (χ3n) is 3.42. The SMILES string of the molecule is C=C(C)CN=C(N)NC1CC(c2ccc(F)c(Cl)c2)C1. The molecule has 1 saturated carbocycles. The van der Waals surface area contributed by atoms with Gasteiger partial charge in [-0.3, -0.25) is 0 Å². The lowest BCUT2D eigenvalue weighted by Gasteiger charge is -2.36. The Morgan fingerprint density at radius 3 is 2.85 bits per heavy atom. The molecule has 108 valence electrons. The maximum Gasteiger partial charge on any atom is 0.189 e. The molecule has 0 aliphatic heterocycles. The first kappa shape index (κ1) is 14.9. The first-order valence-corrected chi connectivity index (χ1v) is 6.99. The normalized spacial score (nSPS) is 22.2. The Bertz CT molecular complexity index is 536. The second-order valence-corrected chi connectivity index (χ2v) is 5.75. The van der Waals surface area contributed by atoms with Crippen molar-refractivity contribution in [1.82, 2.24) is 5.32 Å². The second-order valence-electron chi connectivity index (χ2n) is 5.34. The van der Waals surface area contributed by atoms with E-state index < -0.39 is 0 Å². The van der Waals surface area contributed by atoms with Gasteiger partial charge in [0.2, 0.25) is 0 Å². The first-order chi connectivity index (χ1) is 9.45. The highest BCUT2D eigenvalue weighted by Crippen LogP contribution is 2.37. The molecule has 2 rings (SSSR count). The molecule has 5 heteroatoms. The summed E-state index contributed by atoms with van der Waals surface area (Å²) in [6.07, 6.45) is 1.90. The molecule has 0 bridgehead atoms. The predicted octanol–water partition coefficient (Wildman–Crippen LogP) is 3.21. The number of benzene rings is 1. The van der Waals surface area contributed by atoms with Crippen LogP contribution in [0.3, 0.4) is 0 Å².